The van der Waals surface area contributed by atoms with Gasteiger partial charge in [-0.05, 0) is 31.2 Å². The van der Waals surface area contributed by atoms with Crippen molar-refractivity contribution in [2.24, 2.45) is 34.0 Å². The monoisotopic (exact) mass is 730 g/mol. The van der Waals surface area contributed by atoms with Crippen molar-refractivity contribution in [2.45, 2.75) is 128 Å². The van der Waals surface area contributed by atoms with Crippen molar-refractivity contribution in [3.05, 3.63) is 24.2 Å². The third kappa shape index (κ3) is 3.91. The summed E-state index contributed by atoms with van der Waals surface area (Å²) in [5.74, 6) is -9.64. The Morgan fingerprint density at radius 2 is 1.56 bits per heavy atom. The van der Waals surface area contributed by atoms with Gasteiger partial charge in [0.15, 0.2) is 18.0 Å². The van der Waals surface area contributed by atoms with E-state index in [1.54, 1.807) is 27.7 Å². The molecule has 284 valence electrons. The quantitative estimate of drug-likeness (QED) is 0.207. The lowest BCUT2D eigenvalue weighted by molar-refractivity contribution is -0.476. The van der Waals surface area contributed by atoms with E-state index in [-0.39, 0.29) is 31.2 Å². The third-order valence-corrected chi connectivity index (χ3v) is 13.8. The van der Waals surface area contributed by atoms with Gasteiger partial charge in [-0.2, -0.15) is 0 Å². The highest BCUT2D eigenvalue weighted by atomic mass is 16.9. The summed E-state index contributed by atoms with van der Waals surface area (Å²) < 4.78 is 50.9. The smallest absolute Gasteiger partial charge is 0.308 e. The van der Waals surface area contributed by atoms with Crippen LogP contribution in [0.3, 0.4) is 0 Å². The molecule has 0 aromatic carbocycles. The van der Waals surface area contributed by atoms with Crippen molar-refractivity contribution in [1.82, 2.24) is 0 Å². The zero-order chi connectivity index (χ0) is 38.2. The zero-order valence-corrected chi connectivity index (χ0v) is 30.8. The highest BCUT2D eigenvalue weighted by Gasteiger charge is 3.05. The van der Waals surface area contributed by atoms with Crippen molar-refractivity contribution in [3.8, 4) is 0 Å². The molecule has 1 aromatic heterocycles. The van der Waals surface area contributed by atoms with Crippen LogP contribution in [0.2, 0.25) is 0 Å². The number of furan rings is 1. The molecule has 4 saturated carbocycles. The van der Waals surface area contributed by atoms with Crippen molar-refractivity contribution >= 4 is 35.6 Å². The Hall–Kier alpha value is -3.82. The molecule has 0 amide bonds. The van der Waals surface area contributed by atoms with Gasteiger partial charge in [-0.15, -0.1) is 0 Å². The van der Waals surface area contributed by atoms with Gasteiger partial charge in [0.25, 0.3) is 5.97 Å². The number of ether oxygens (including phenoxy) is 7. The topological polar surface area (TPSA) is 200 Å². The molecule has 15 heteroatoms. The maximum absolute atomic E-state index is 14.7. The zero-order valence-electron chi connectivity index (χ0n) is 30.8. The van der Waals surface area contributed by atoms with Crippen LogP contribution in [0.25, 0.3) is 0 Å². The van der Waals surface area contributed by atoms with E-state index in [0.29, 0.717) is 0 Å². The van der Waals surface area contributed by atoms with Gasteiger partial charge in [-0.1, -0.05) is 34.6 Å². The van der Waals surface area contributed by atoms with E-state index in [2.05, 4.69) is 0 Å². The van der Waals surface area contributed by atoms with Gasteiger partial charge in [0, 0.05) is 49.4 Å². The van der Waals surface area contributed by atoms with E-state index < -0.39 is 117 Å². The Balaban J connectivity index is 1.65. The molecule has 6 aliphatic rings. The normalized spacial score (nSPS) is 46.0. The van der Waals surface area contributed by atoms with Crippen LogP contribution in [0.1, 0.15) is 97.9 Å². The molecule has 7 rings (SSSR count). The molecule has 2 spiro atoms. The van der Waals surface area contributed by atoms with Crippen molar-refractivity contribution in [1.29, 1.82) is 0 Å². The first-order valence-electron chi connectivity index (χ1n) is 17.6. The molecule has 3 heterocycles. The van der Waals surface area contributed by atoms with E-state index in [9.17, 15) is 33.9 Å². The fourth-order valence-electron chi connectivity index (χ4n) is 12.3. The second-order valence-electron chi connectivity index (χ2n) is 16.6. The fourth-order valence-corrected chi connectivity index (χ4v) is 12.3. The number of carbonyl (C=O) groups excluding carboxylic acids is 5. The van der Waals surface area contributed by atoms with Crippen LogP contribution in [0.15, 0.2) is 23.0 Å². The molecule has 6 fully saturated rings. The number of methoxy groups -OCH3 is 1. The molecule has 1 N–H and O–H groups in total. The molecular formula is C37H46O15. The SMILES string of the molecule is COC(=O)CC1[C@@]2(C)C[C@]34OC5(C)OC6([C@H](OC(=O)C(C)C)[C@@]3(OC(C)=O)[C@H]2OC(C)=O)[C@H](CC(=O)O)[C@](C)(C(=O)c2ccoc2)CCC6(O5)[C@@]14C. The summed E-state index contributed by atoms with van der Waals surface area (Å²) in [6, 6.07) is 1.48. The summed E-state index contributed by atoms with van der Waals surface area (Å²) in [5, 5.41) is 10.7. The van der Waals surface area contributed by atoms with E-state index in [0.717, 1.165) is 6.92 Å². The van der Waals surface area contributed by atoms with Crippen LogP contribution in [0.4, 0.5) is 0 Å². The number of hydrogen-bond acceptors (Lipinski definition) is 14. The number of ketones is 1. The second-order valence-corrected chi connectivity index (χ2v) is 16.6. The Bertz CT molecular complexity index is 1770. The van der Waals surface area contributed by atoms with Crippen LogP contribution in [-0.4, -0.2) is 88.4 Å². The minimum absolute atomic E-state index is 0.0219. The summed E-state index contributed by atoms with van der Waals surface area (Å²) in [7, 11) is 1.25. The maximum Gasteiger partial charge on any atom is 0.308 e. The lowest BCUT2D eigenvalue weighted by atomic mass is 9.33. The molecule has 1 aromatic rings. The number of Topliss-reactive ketones (excluding diaryl/α,β-unsaturated/α-hetero) is 1. The first kappa shape index (κ1) is 36.5. The molecule has 4 aliphatic carbocycles. The molecule has 4 bridgehead atoms. The highest BCUT2D eigenvalue weighted by molar-refractivity contribution is 6.01. The number of aliphatic carboxylic acids is 1. The first-order valence-corrected chi connectivity index (χ1v) is 17.6. The number of carboxylic acids is 1. The van der Waals surface area contributed by atoms with Crippen LogP contribution in [0, 0.1) is 34.0 Å². The summed E-state index contributed by atoms with van der Waals surface area (Å²) >= 11 is 0. The molecule has 0 radical (unpaired) electrons. The standard InChI is InChI=1S/C37H46O15/c1-18(2)27(44)48-29-36-23(14-24(40)41)30(5,26(43)21-10-13-46-16-21)11-12-34(36)32(7)22(15-25(42)45-9)31(6)17-35(32,51-33(8,50-34)52-36)37(29,49-20(4)39)28(31)47-19(3)38/h10,13,16,18,22-23,28-29H,11-12,14-15,17H2,1-9H3,(H,40,41)/t22?,23-,28+,29+,30-,31-,32-,33?,34?,35-,36?,37+/m1/s1. The predicted octanol–water partition coefficient (Wildman–Crippen LogP) is 3.74. The van der Waals surface area contributed by atoms with Crippen LogP contribution < -0.4 is 0 Å². The lowest BCUT2D eigenvalue weighted by Gasteiger charge is -2.76. The van der Waals surface area contributed by atoms with Crippen molar-refractivity contribution < 1.29 is 71.4 Å². The number of esters is 4. The second kappa shape index (κ2) is 10.9. The number of carbonyl (C=O) groups is 6. The minimum atomic E-state index is -2.20. The highest BCUT2D eigenvalue weighted by Crippen LogP contribution is 2.89. The largest absolute Gasteiger partial charge is 0.481 e. The van der Waals surface area contributed by atoms with Crippen molar-refractivity contribution in [2.75, 3.05) is 7.11 Å². The van der Waals surface area contributed by atoms with E-state index in [1.165, 1.54) is 39.5 Å². The minimum Gasteiger partial charge on any atom is -0.481 e. The van der Waals surface area contributed by atoms with Gasteiger partial charge in [0.1, 0.15) is 23.1 Å². The molecule has 2 saturated heterocycles. The number of rotatable bonds is 10. The van der Waals surface area contributed by atoms with E-state index in [1.807, 2.05) is 6.92 Å². The van der Waals surface area contributed by atoms with Gasteiger partial charge in [-0.3, -0.25) is 28.8 Å². The number of carboxylic acid groups (broad SMARTS) is 1. The fraction of sp³-hybridized carbons (Fsp3) is 0.730. The van der Waals surface area contributed by atoms with E-state index >= 15 is 0 Å². The third-order valence-electron chi connectivity index (χ3n) is 13.8. The molecular weight excluding hydrogens is 684 g/mol. The van der Waals surface area contributed by atoms with Gasteiger partial charge >= 0.3 is 29.8 Å². The van der Waals surface area contributed by atoms with Crippen molar-refractivity contribution in [3.63, 3.8) is 0 Å². The predicted molar refractivity (Wildman–Crippen MR) is 172 cm³/mol. The van der Waals surface area contributed by atoms with Crippen LogP contribution >= 0.6 is 0 Å². The van der Waals surface area contributed by atoms with Gasteiger partial charge in [0.05, 0.1) is 31.3 Å². The molecule has 2 aliphatic heterocycles. The summed E-state index contributed by atoms with van der Waals surface area (Å²) in [5.41, 5.74) is -11.7. The summed E-state index contributed by atoms with van der Waals surface area (Å²) in [6.45, 7) is 12.3. The summed E-state index contributed by atoms with van der Waals surface area (Å²) in [4.78, 5) is 82.0. The van der Waals surface area contributed by atoms with E-state index in [4.69, 9.17) is 37.6 Å². The Kier molecular flexibility index (Phi) is 7.64. The number of fused-ring (bicyclic) bond motifs is 2. The Morgan fingerprint density at radius 1 is 0.885 bits per heavy atom. The average Bonchev–Trinajstić information content (AvgIpc) is 3.74. The molecule has 12 atom stereocenters. The van der Waals surface area contributed by atoms with Crippen LogP contribution in [-0.2, 0) is 57.1 Å². The first-order chi connectivity index (χ1) is 24.1. The maximum atomic E-state index is 14.7. The molecule has 52 heavy (non-hydrogen) atoms. The van der Waals surface area contributed by atoms with Crippen LogP contribution in [0.5, 0.6) is 0 Å². The number of hydrogen-bond donors (Lipinski definition) is 1. The van der Waals surface area contributed by atoms with Gasteiger partial charge < -0.3 is 42.7 Å². The van der Waals surface area contributed by atoms with Gasteiger partial charge in [0.2, 0.25) is 5.60 Å². The summed E-state index contributed by atoms with van der Waals surface area (Å²) in [6.07, 6.45) is -1.40. The molecule has 15 nitrogen and oxygen atoms in total. The Morgan fingerprint density at radius 3 is 2.12 bits per heavy atom. The van der Waals surface area contributed by atoms with Gasteiger partial charge in [-0.25, -0.2) is 0 Å². The average molecular weight is 731 g/mol. The Labute approximate surface area is 300 Å². The lowest BCUT2D eigenvalue weighted by Crippen LogP contribution is -2.94. The molecule has 4 unspecified atom stereocenters.